The molecule has 0 radical (unpaired) electrons. The summed E-state index contributed by atoms with van der Waals surface area (Å²) in [6.07, 6.45) is 3.66. The zero-order valence-corrected chi connectivity index (χ0v) is 10.6. The highest BCUT2D eigenvalue weighted by atomic mass is 79.9. The van der Waals surface area contributed by atoms with E-state index in [2.05, 4.69) is 55.2 Å². The van der Waals surface area contributed by atoms with Gasteiger partial charge >= 0.3 is 0 Å². The molecule has 0 fully saturated rings. The Morgan fingerprint density at radius 2 is 2.31 bits per heavy atom. The second kappa shape index (κ2) is 5.73. The molecule has 1 unspecified atom stereocenters. The van der Waals surface area contributed by atoms with E-state index in [0.29, 0.717) is 6.04 Å². The van der Waals surface area contributed by atoms with Crippen LogP contribution in [0.2, 0.25) is 0 Å². The smallest absolute Gasteiger partial charge is 0.0410 e. The van der Waals surface area contributed by atoms with Gasteiger partial charge in [-0.3, -0.25) is 4.98 Å². The van der Waals surface area contributed by atoms with E-state index in [0.717, 1.165) is 16.3 Å². The Morgan fingerprint density at radius 3 is 2.92 bits per heavy atom. The molecule has 1 aromatic rings. The first-order chi connectivity index (χ1) is 6.22. The lowest BCUT2D eigenvalue weighted by Gasteiger charge is -2.09. The fourth-order valence-electron chi connectivity index (χ4n) is 0.899. The number of pyridine rings is 1. The monoisotopic (exact) mass is 306 g/mol. The summed E-state index contributed by atoms with van der Waals surface area (Å²) >= 11 is 6.80. The van der Waals surface area contributed by atoms with Crippen LogP contribution in [0.4, 0.5) is 0 Å². The molecule has 0 amide bonds. The van der Waals surface area contributed by atoms with E-state index in [-0.39, 0.29) is 0 Å². The fourth-order valence-corrected chi connectivity index (χ4v) is 1.54. The summed E-state index contributed by atoms with van der Waals surface area (Å²) in [6, 6.07) is 2.56. The number of hydrogen-bond donors (Lipinski definition) is 1. The van der Waals surface area contributed by atoms with Crippen LogP contribution in [0.5, 0.6) is 0 Å². The van der Waals surface area contributed by atoms with Crippen molar-refractivity contribution in [3.8, 4) is 0 Å². The zero-order chi connectivity index (χ0) is 9.68. The second-order valence-corrected chi connectivity index (χ2v) is 4.51. The molecule has 4 heteroatoms. The molecule has 0 aromatic carbocycles. The lowest BCUT2D eigenvalue weighted by atomic mass is 10.2. The van der Waals surface area contributed by atoms with Crippen LogP contribution < -0.4 is 5.32 Å². The molecule has 0 saturated heterocycles. The van der Waals surface area contributed by atoms with Gasteiger partial charge in [-0.25, -0.2) is 0 Å². The Bertz CT molecular complexity index is 266. The third-order valence-electron chi connectivity index (χ3n) is 1.65. The van der Waals surface area contributed by atoms with Crippen LogP contribution in [0.3, 0.4) is 0 Å². The first-order valence-electron chi connectivity index (χ1n) is 4.11. The molecule has 0 aliphatic rings. The summed E-state index contributed by atoms with van der Waals surface area (Å²) in [5.41, 5.74) is 1.20. The maximum Gasteiger partial charge on any atom is 0.0410 e. The van der Waals surface area contributed by atoms with E-state index in [4.69, 9.17) is 0 Å². The van der Waals surface area contributed by atoms with Crippen molar-refractivity contribution in [2.24, 2.45) is 0 Å². The predicted molar refractivity (Wildman–Crippen MR) is 62.0 cm³/mol. The second-order valence-electron chi connectivity index (χ2n) is 2.95. The van der Waals surface area contributed by atoms with Crippen molar-refractivity contribution >= 4 is 31.9 Å². The number of nitrogens with zero attached hydrogens (tertiary/aromatic N) is 1. The Labute approximate surface area is 95.4 Å². The van der Waals surface area contributed by atoms with Gasteiger partial charge < -0.3 is 5.32 Å². The third kappa shape index (κ3) is 4.20. The highest BCUT2D eigenvalue weighted by Gasteiger charge is 1.99. The van der Waals surface area contributed by atoms with Gasteiger partial charge in [0.1, 0.15) is 0 Å². The molecule has 72 valence electrons. The molecule has 0 aliphatic heterocycles. The number of rotatable bonds is 4. The van der Waals surface area contributed by atoms with Crippen molar-refractivity contribution in [2.45, 2.75) is 19.5 Å². The Morgan fingerprint density at radius 1 is 1.54 bits per heavy atom. The fraction of sp³-hybridized carbons (Fsp3) is 0.444. The van der Waals surface area contributed by atoms with E-state index in [9.17, 15) is 0 Å². The van der Waals surface area contributed by atoms with Gasteiger partial charge in [0.2, 0.25) is 0 Å². The van der Waals surface area contributed by atoms with Gasteiger partial charge in [0, 0.05) is 34.8 Å². The number of hydrogen-bond acceptors (Lipinski definition) is 2. The van der Waals surface area contributed by atoms with Gasteiger partial charge in [-0.2, -0.15) is 0 Å². The molecule has 0 saturated carbocycles. The maximum absolute atomic E-state index is 4.09. The molecule has 13 heavy (non-hydrogen) atoms. The Balaban J connectivity index is 2.45. The first kappa shape index (κ1) is 11.1. The average molecular weight is 308 g/mol. The van der Waals surface area contributed by atoms with Crippen molar-refractivity contribution in [1.82, 2.24) is 10.3 Å². The van der Waals surface area contributed by atoms with Gasteiger partial charge in [0.25, 0.3) is 0 Å². The van der Waals surface area contributed by atoms with Gasteiger partial charge in [-0.15, -0.1) is 0 Å². The highest BCUT2D eigenvalue weighted by molar-refractivity contribution is 9.10. The van der Waals surface area contributed by atoms with E-state index >= 15 is 0 Å². The molecule has 0 spiro atoms. The quantitative estimate of drug-likeness (QED) is 0.865. The van der Waals surface area contributed by atoms with Crippen molar-refractivity contribution in [1.29, 1.82) is 0 Å². The van der Waals surface area contributed by atoms with Crippen LogP contribution in [0, 0.1) is 0 Å². The van der Waals surface area contributed by atoms with E-state index in [1.165, 1.54) is 5.56 Å². The SMILES string of the molecule is CC(CBr)NCc1cncc(Br)c1. The molecule has 0 bridgehead atoms. The van der Waals surface area contributed by atoms with Crippen LogP contribution in [0.25, 0.3) is 0 Å². The van der Waals surface area contributed by atoms with Crippen molar-refractivity contribution in [3.63, 3.8) is 0 Å². The van der Waals surface area contributed by atoms with E-state index < -0.39 is 0 Å². The molecular weight excluding hydrogens is 296 g/mol. The minimum Gasteiger partial charge on any atom is -0.309 e. The average Bonchev–Trinajstić information content (AvgIpc) is 2.14. The third-order valence-corrected chi connectivity index (χ3v) is 3.05. The number of alkyl halides is 1. The summed E-state index contributed by atoms with van der Waals surface area (Å²) < 4.78 is 1.03. The van der Waals surface area contributed by atoms with Crippen LogP contribution in [0.15, 0.2) is 22.9 Å². The largest absolute Gasteiger partial charge is 0.309 e. The minimum absolute atomic E-state index is 0.485. The van der Waals surface area contributed by atoms with Gasteiger partial charge in [0.15, 0.2) is 0 Å². The number of aromatic nitrogens is 1. The first-order valence-corrected chi connectivity index (χ1v) is 6.02. The Hall–Kier alpha value is 0.0700. The topological polar surface area (TPSA) is 24.9 Å². The molecule has 1 heterocycles. The van der Waals surface area contributed by atoms with Gasteiger partial charge in [-0.05, 0) is 34.5 Å². The van der Waals surface area contributed by atoms with Crippen molar-refractivity contribution in [3.05, 3.63) is 28.5 Å². The van der Waals surface area contributed by atoms with Crippen molar-refractivity contribution in [2.75, 3.05) is 5.33 Å². The standard InChI is InChI=1S/C9H12Br2N2/c1-7(3-10)13-5-8-2-9(11)6-12-4-8/h2,4,6-7,13H,3,5H2,1H3. The van der Waals surface area contributed by atoms with E-state index in [1.54, 1.807) is 6.20 Å². The molecule has 0 aliphatic carbocycles. The Kier molecular flexibility index (Phi) is 4.91. The van der Waals surface area contributed by atoms with E-state index in [1.807, 2.05) is 6.20 Å². The minimum atomic E-state index is 0.485. The summed E-state index contributed by atoms with van der Waals surface area (Å²) in [5, 5.41) is 4.33. The van der Waals surface area contributed by atoms with Gasteiger partial charge in [0.05, 0.1) is 0 Å². The summed E-state index contributed by atoms with van der Waals surface area (Å²) in [6.45, 7) is 3.00. The maximum atomic E-state index is 4.09. The lowest BCUT2D eigenvalue weighted by Crippen LogP contribution is -2.26. The van der Waals surface area contributed by atoms with Crippen LogP contribution in [-0.2, 0) is 6.54 Å². The lowest BCUT2D eigenvalue weighted by molar-refractivity contribution is 0.597. The molecule has 1 atom stereocenters. The van der Waals surface area contributed by atoms with Crippen molar-refractivity contribution < 1.29 is 0 Å². The van der Waals surface area contributed by atoms with Gasteiger partial charge in [-0.1, -0.05) is 15.9 Å². The predicted octanol–water partition coefficient (Wildman–Crippen LogP) is 2.72. The summed E-state index contributed by atoms with van der Waals surface area (Å²) in [7, 11) is 0. The van der Waals surface area contributed by atoms with Crippen LogP contribution >= 0.6 is 31.9 Å². The zero-order valence-electron chi connectivity index (χ0n) is 7.43. The summed E-state index contributed by atoms with van der Waals surface area (Å²) in [5.74, 6) is 0. The molecule has 2 nitrogen and oxygen atoms in total. The normalized spacial score (nSPS) is 12.8. The van der Waals surface area contributed by atoms with Crippen LogP contribution in [-0.4, -0.2) is 16.4 Å². The highest BCUT2D eigenvalue weighted by Crippen LogP contribution is 2.09. The summed E-state index contributed by atoms with van der Waals surface area (Å²) in [4.78, 5) is 4.09. The number of halogens is 2. The molecular formula is C9H12Br2N2. The molecule has 1 rings (SSSR count). The number of nitrogens with one attached hydrogen (secondary N) is 1. The molecule has 1 N–H and O–H groups in total. The van der Waals surface area contributed by atoms with Crippen LogP contribution in [0.1, 0.15) is 12.5 Å². The molecule has 1 aromatic heterocycles.